The molecule has 1 N–H and O–H groups in total. The van der Waals surface area contributed by atoms with Gasteiger partial charge in [-0.1, -0.05) is 62.0 Å². The predicted octanol–water partition coefficient (Wildman–Crippen LogP) is 4.65. The number of morpholine rings is 1. The van der Waals surface area contributed by atoms with Crippen molar-refractivity contribution < 1.29 is 17.9 Å². The molecular formula is C30H32N4O5S2. The molecular weight excluding hydrogens is 560 g/mol. The molecule has 41 heavy (non-hydrogen) atoms. The van der Waals surface area contributed by atoms with Crippen molar-refractivity contribution in [1.82, 2.24) is 13.9 Å². The molecule has 1 aliphatic rings. The summed E-state index contributed by atoms with van der Waals surface area (Å²) in [5, 5.41) is 3.07. The molecule has 9 nitrogen and oxygen atoms in total. The Morgan fingerprint density at radius 2 is 1.68 bits per heavy atom. The van der Waals surface area contributed by atoms with E-state index >= 15 is 0 Å². The van der Waals surface area contributed by atoms with E-state index in [1.807, 2.05) is 30.3 Å². The average Bonchev–Trinajstić information content (AvgIpc) is 2.98. The van der Waals surface area contributed by atoms with Gasteiger partial charge in [-0.15, -0.1) is 0 Å². The van der Waals surface area contributed by atoms with Crippen LogP contribution in [0.15, 0.2) is 87.6 Å². The second-order valence-electron chi connectivity index (χ2n) is 10.1. The van der Waals surface area contributed by atoms with E-state index in [2.05, 4.69) is 19.2 Å². The Morgan fingerprint density at radius 1 is 0.976 bits per heavy atom. The van der Waals surface area contributed by atoms with E-state index in [-0.39, 0.29) is 35.4 Å². The fourth-order valence-corrected chi connectivity index (χ4v) is 7.08. The molecule has 1 amide bonds. The number of para-hydroxylation sites is 2. The summed E-state index contributed by atoms with van der Waals surface area (Å²) >= 11 is 1.17. The summed E-state index contributed by atoms with van der Waals surface area (Å²) in [4.78, 5) is 32.0. The number of ether oxygens (including phenoxy) is 1. The van der Waals surface area contributed by atoms with E-state index in [9.17, 15) is 18.0 Å². The van der Waals surface area contributed by atoms with Gasteiger partial charge in [-0.05, 0) is 54.8 Å². The zero-order valence-electron chi connectivity index (χ0n) is 23.1. The van der Waals surface area contributed by atoms with Crippen molar-refractivity contribution in [2.75, 3.05) is 31.6 Å². The van der Waals surface area contributed by atoms with Gasteiger partial charge in [0.25, 0.3) is 5.56 Å². The quantitative estimate of drug-likeness (QED) is 0.234. The van der Waals surface area contributed by atoms with Crippen molar-refractivity contribution >= 4 is 44.3 Å². The van der Waals surface area contributed by atoms with Crippen molar-refractivity contribution in [3.63, 3.8) is 0 Å². The van der Waals surface area contributed by atoms with Crippen LogP contribution in [0.3, 0.4) is 0 Å². The molecule has 2 heterocycles. The molecule has 0 bridgehead atoms. The zero-order chi connectivity index (χ0) is 29.1. The second-order valence-corrected chi connectivity index (χ2v) is 13.3. The van der Waals surface area contributed by atoms with Crippen LogP contribution in [0.1, 0.15) is 32.3 Å². The normalized spacial score (nSPS) is 15.2. The molecule has 5 rings (SSSR count). The maximum Gasteiger partial charge on any atom is 0.266 e. The van der Waals surface area contributed by atoms with E-state index in [4.69, 9.17) is 9.72 Å². The van der Waals surface area contributed by atoms with Crippen molar-refractivity contribution in [3.05, 3.63) is 88.7 Å². The lowest BCUT2D eigenvalue weighted by molar-refractivity contribution is -0.115. The maximum atomic E-state index is 13.8. The van der Waals surface area contributed by atoms with Gasteiger partial charge in [0.15, 0.2) is 5.16 Å². The largest absolute Gasteiger partial charge is 0.379 e. The van der Waals surface area contributed by atoms with Crippen LogP contribution in [0.2, 0.25) is 0 Å². The summed E-state index contributed by atoms with van der Waals surface area (Å²) < 4.78 is 34.4. The third kappa shape index (κ3) is 6.08. The summed E-state index contributed by atoms with van der Waals surface area (Å²) in [7, 11) is -3.71. The van der Waals surface area contributed by atoms with Crippen LogP contribution in [-0.2, 0) is 19.6 Å². The number of anilines is 1. The van der Waals surface area contributed by atoms with Crippen LogP contribution >= 0.6 is 11.8 Å². The summed E-state index contributed by atoms with van der Waals surface area (Å²) in [5.74, 6) is -0.189. The van der Waals surface area contributed by atoms with Gasteiger partial charge >= 0.3 is 0 Å². The molecule has 0 unspecified atom stereocenters. The van der Waals surface area contributed by atoms with Gasteiger partial charge in [0, 0.05) is 18.8 Å². The lowest BCUT2D eigenvalue weighted by Gasteiger charge is -2.26. The number of carbonyl (C=O) groups is 1. The highest BCUT2D eigenvalue weighted by molar-refractivity contribution is 8.00. The summed E-state index contributed by atoms with van der Waals surface area (Å²) in [6, 6.07) is 21.1. The topological polar surface area (TPSA) is 111 Å². The molecule has 0 saturated carbocycles. The van der Waals surface area contributed by atoms with Crippen LogP contribution in [0.4, 0.5) is 5.69 Å². The van der Waals surface area contributed by atoms with Crippen LogP contribution in [0.25, 0.3) is 16.6 Å². The van der Waals surface area contributed by atoms with Gasteiger partial charge < -0.3 is 10.1 Å². The van der Waals surface area contributed by atoms with E-state index in [0.29, 0.717) is 35.0 Å². The monoisotopic (exact) mass is 592 g/mol. The first-order chi connectivity index (χ1) is 19.7. The Hall–Kier alpha value is -3.51. The Balaban J connectivity index is 1.44. The van der Waals surface area contributed by atoms with Crippen molar-refractivity contribution in [1.29, 1.82) is 0 Å². The molecule has 0 aliphatic carbocycles. The lowest BCUT2D eigenvalue weighted by atomic mass is 10.0. The van der Waals surface area contributed by atoms with E-state index in [1.54, 1.807) is 41.8 Å². The number of thioether (sulfide) groups is 1. The lowest BCUT2D eigenvalue weighted by Crippen LogP contribution is -2.40. The van der Waals surface area contributed by atoms with Crippen LogP contribution in [0.5, 0.6) is 0 Å². The van der Waals surface area contributed by atoms with Crippen molar-refractivity contribution in [2.24, 2.45) is 0 Å². The standard InChI is InChI=1S/C30H32N4O5S2/c1-20(2)24-11-5-7-14-27(24)34-29(36)25-12-4-6-13-26(25)32-30(34)40-21(3)28(35)31-22-9-8-10-23(19-22)41(37,38)33-15-17-39-18-16-33/h4-14,19-21H,15-18H2,1-3H3,(H,31,35)/t21-/m0/s1. The molecule has 11 heteroatoms. The SMILES string of the molecule is CC(C)c1ccccc1-n1c(S[C@@H](C)C(=O)Nc2cccc(S(=O)(=O)N3CCOCC3)c2)nc2ccccc2c1=O. The van der Waals surface area contributed by atoms with E-state index in [0.717, 1.165) is 11.3 Å². The fraction of sp³-hybridized carbons (Fsp3) is 0.300. The Morgan fingerprint density at radius 3 is 2.44 bits per heavy atom. The molecule has 1 fully saturated rings. The summed E-state index contributed by atoms with van der Waals surface area (Å²) in [6.45, 7) is 7.12. The number of rotatable bonds is 8. The van der Waals surface area contributed by atoms with E-state index in [1.165, 1.54) is 28.2 Å². The number of aromatic nitrogens is 2. The highest BCUT2D eigenvalue weighted by Gasteiger charge is 2.27. The van der Waals surface area contributed by atoms with Gasteiger partial charge in [-0.25, -0.2) is 13.4 Å². The van der Waals surface area contributed by atoms with Crippen molar-refractivity contribution in [2.45, 2.75) is 42.0 Å². The number of nitrogens with one attached hydrogen (secondary N) is 1. The maximum absolute atomic E-state index is 13.8. The molecule has 3 aromatic carbocycles. The van der Waals surface area contributed by atoms with Crippen molar-refractivity contribution in [3.8, 4) is 5.69 Å². The number of carbonyl (C=O) groups excluding carboxylic acids is 1. The number of nitrogens with zero attached hydrogens (tertiary/aromatic N) is 3. The number of hydrogen-bond acceptors (Lipinski definition) is 7. The molecule has 4 aromatic rings. The van der Waals surface area contributed by atoms with Crippen LogP contribution in [0, 0.1) is 0 Å². The fourth-order valence-electron chi connectivity index (χ4n) is 4.71. The highest BCUT2D eigenvalue weighted by Crippen LogP contribution is 2.30. The first kappa shape index (κ1) is 29.0. The third-order valence-corrected chi connectivity index (χ3v) is 9.85. The Kier molecular flexibility index (Phi) is 8.60. The first-order valence-corrected chi connectivity index (χ1v) is 15.8. The summed E-state index contributed by atoms with van der Waals surface area (Å²) in [5.41, 5.74) is 2.42. The van der Waals surface area contributed by atoms with Gasteiger partial charge in [0.05, 0.1) is 39.9 Å². The second kappa shape index (κ2) is 12.2. The molecule has 1 aromatic heterocycles. The first-order valence-electron chi connectivity index (χ1n) is 13.4. The molecule has 0 radical (unpaired) electrons. The highest BCUT2D eigenvalue weighted by atomic mass is 32.2. The number of sulfonamides is 1. The average molecular weight is 593 g/mol. The molecule has 1 aliphatic heterocycles. The zero-order valence-corrected chi connectivity index (χ0v) is 24.7. The smallest absolute Gasteiger partial charge is 0.266 e. The number of hydrogen-bond donors (Lipinski definition) is 1. The molecule has 214 valence electrons. The third-order valence-electron chi connectivity index (χ3n) is 6.91. The van der Waals surface area contributed by atoms with Gasteiger partial charge in [0.1, 0.15) is 0 Å². The molecule has 1 saturated heterocycles. The Bertz CT molecular complexity index is 1750. The minimum absolute atomic E-state index is 0.104. The van der Waals surface area contributed by atoms with Crippen LogP contribution in [-0.4, -0.2) is 59.7 Å². The van der Waals surface area contributed by atoms with Gasteiger partial charge in [-0.3, -0.25) is 14.2 Å². The Labute approximate surface area is 243 Å². The molecule has 1 atom stereocenters. The molecule has 0 spiro atoms. The van der Waals surface area contributed by atoms with E-state index < -0.39 is 15.3 Å². The van der Waals surface area contributed by atoms with Crippen LogP contribution < -0.4 is 10.9 Å². The number of amides is 1. The minimum atomic E-state index is -3.71. The van der Waals surface area contributed by atoms with Gasteiger partial charge in [-0.2, -0.15) is 4.31 Å². The predicted molar refractivity (Wildman–Crippen MR) is 161 cm³/mol. The van der Waals surface area contributed by atoms with Gasteiger partial charge in [0.2, 0.25) is 15.9 Å². The summed E-state index contributed by atoms with van der Waals surface area (Å²) in [6.07, 6.45) is 0. The number of fused-ring (bicyclic) bond motifs is 1. The number of benzene rings is 3. The minimum Gasteiger partial charge on any atom is -0.379 e.